The number of rotatable bonds is 1. The van der Waals surface area contributed by atoms with Gasteiger partial charge in [0.2, 0.25) is 5.91 Å². The lowest BCUT2D eigenvalue weighted by molar-refractivity contribution is -0.141. The fourth-order valence-corrected chi connectivity index (χ4v) is 3.44. The van der Waals surface area contributed by atoms with E-state index in [1.165, 1.54) is 12.1 Å². The molecule has 22 heavy (non-hydrogen) atoms. The second kappa shape index (κ2) is 5.82. The predicted octanol–water partition coefficient (Wildman–Crippen LogP) is 0.935. The number of amides is 2. The number of hydrogen-bond acceptors (Lipinski definition) is 4. The molecule has 0 saturated carbocycles. The van der Waals surface area contributed by atoms with Crippen molar-refractivity contribution < 1.29 is 22.8 Å². The highest BCUT2D eigenvalue weighted by Crippen LogP contribution is 2.21. The number of imide groups is 1. The van der Waals surface area contributed by atoms with Gasteiger partial charge in [-0.25, -0.2) is 8.42 Å². The number of aryl methyl sites for hydroxylation is 1. The summed E-state index contributed by atoms with van der Waals surface area (Å²) in [5, 5.41) is -1.04. The molecule has 8 heteroatoms. The molecule has 0 N–H and O–H groups in total. The molecule has 0 radical (unpaired) electrons. The van der Waals surface area contributed by atoms with Crippen molar-refractivity contribution >= 4 is 26.7 Å². The Kier molecular flexibility index (Phi) is 4.25. The standard InChI is InChI=1S/C14H15N3O4S/c1-9-3-6-11(7-4-9)22(20,21)13(16-15)14(19)17-10(2)5-8-12(17)18/h3-4,6-7,10H,5,8H2,1-2H3. The maximum absolute atomic E-state index is 12.4. The molecule has 1 atom stereocenters. The van der Waals surface area contributed by atoms with Crippen molar-refractivity contribution in [1.29, 1.82) is 0 Å². The van der Waals surface area contributed by atoms with Gasteiger partial charge in [0.05, 0.1) is 4.90 Å². The van der Waals surface area contributed by atoms with Gasteiger partial charge in [-0.1, -0.05) is 17.7 Å². The van der Waals surface area contributed by atoms with Crippen LogP contribution in [0.5, 0.6) is 0 Å². The molecular formula is C14H15N3O4S. The third-order valence-corrected chi connectivity index (χ3v) is 5.22. The minimum absolute atomic E-state index is 0.163. The van der Waals surface area contributed by atoms with Crippen LogP contribution in [-0.4, -0.2) is 41.0 Å². The van der Waals surface area contributed by atoms with E-state index < -0.39 is 32.7 Å². The fourth-order valence-electron chi connectivity index (χ4n) is 2.28. The van der Waals surface area contributed by atoms with E-state index in [4.69, 9.17) is 5.53 Å². The average molecular weight is 321 g/mol. The largest absolute Gasteiger partial charge is 0.474 e. The summed E-state index contributed by atoms with van der Waals surface area (Å²) >= 11 is 0. The Morgan fingerprint density at radius 3 is 2.36 bits per heavy atom. The number of carbonyl (C=O) groups is 2. The van der Waals surface area contributed by atoms with Gasteiger partial charge >= 0.3 is 11.0 Å². The first-order valence-corrected chi connectivity index (χ1v) is 8.17. The zero-order valence-electron chi connectivity index (χ0n) is 12.2. The van der Waals surface area contributed by atoms with E-state index >= 15 is 0 Å². The molecule has 116 valence electrons. The summed E-state index contributed by atoms with van der Waals surface area (Å²) in [5.74, 6) is -1.57. The predicted molar refractivity (Wildman–Crippen MR) is 77.5 cm³/mol. The smallest absolute Gasteiger partial charge is 0.360 e. The Hall–Kier alpha value is -2.31. The number of carbonyl (C=O) groups excluding carboxylic acids is 2. The lowest BCUT2D eigenvalue weighted by Gasteiger charge is -2.16. The second-order valence-corrected chi connectivity index (χ2v) is 7.04. The SMILES string of the molecule is Cc1ccc(S(=O)(=O)C(=[N+]=[N-])C(=O)N2C(=O)CCC2C)cc1. The Labute approximate surface area is 128 Å². The molecule has 0 spiro atoms. The molecule has 1 unspecified atom stereocenters. The summed E-state index contributed by atoms with van der Waals surface area (Å²) in [5.41, 5.74) is 9.87. The van der Waals surface area contributed by atoms with Crippen LogP contribution >= 0.6 is 0 Å². The highest BCUT2D eigenvalue weighted by molar-refractivity contribution is 8.08. The summed E-state index contributed by atoms with van der Waals surface area (Å²) in [6, 6.07) is 5.34. The summed E-state index contributed by atoms with van der Waals surface area (Å²) in [6.07, 6.45) is 0.615. The third-order valence-electron chi connectivity index (χ3n) is 3.56. The second-order valence-electron chi connectivity index (χ2n) is 5.18. The summed E-state index contributed by atoms with van der Waals surface area (Å²) in [6.45, 7) is 3.42. The monoisotopic (exact) mass is 321 g/mol. The lowest BCUT2D eigenvalue weighted by atomic mass is 10.2. The Morgan fingerprint density at radius 2 is 1.91 bits per heavy atom. The molecule has 1 fully saturated rings. The first kappa shape index (κ1) is 16.1. The molecular weight excluding hydrogens is 306 g/mol. The lowest BCUT2D eigenvalue weighted by Crippen LogP contribution is -2.44. The Bertz CT molecular complexity index is 777. The van der Waals surface area contributed by atoms with E-state index in [1.54, 1.807) is 26.0 Å². The van der Waals surface area contributed by atoms with Crippen molar-refractivity contribution in [2.45, 2.75) is 37.6 Å². The van der Waals surface area contributed by atoms with Crippen LogP contribution in [0.15, 0.2) is 29.2 Å². The maximum Gasteiger partial charge on any atom is 0.474 e. The molecule has 1 aliphatic heterocycles. The van der Waals surface area contributed by atoms with Gasteiger partial charge in [-0.15, -0.1) is 4.79 Å². The fraction of sp³-hybridized carbons (Fsp3) is 0.357. The average Bonchev–Trinajstić information content (AvgIpc) is 2.79. The van der Waals surface area contributed by atoms with Crippen LogP contribution in [0, 0.1) is 6.92 Å². The molecule has 1 aromatic rings. The van der Waals surface area contributed by atoms with Crippen LogP contribution < -0.4 is 0 Å². The van der Waals surface area contributed by atoms with Crippen LogP contribution in [0.1, 0.15) is 25.3 Å². The van der Waals surface area contributed by atoms with E-state index in [0.717, 1.165) is 10.5 Å². The Balaban J connectivity index is 2.44. The van der Waals surface area contributed by atoms with Gasteiger partial charge in [0.15, 0.2) is 0 Å². The van der Waals surface area contributed by atoms with Gasteiger partial charge in [-0.2, -0.15) is 0 Å². The van der Waals surface area contributed by atoms with Gasteiger partial charge in [0, 0.05) is 12.5 Å². The zero-order chi connectivity index (χ0) is 16.5. The van der Waals surface area contributed by atoms with Crippen molar-refractivity contribution in [3.63, 3.8) is 0 Å². The van der Waals surface area contributed by atoms with Gasteiger partial charge in [-0.05, 0) is 32.4 Å². The summed E-state index contributed by atoms with van der Waals surface area (Å²) in [4.78, 5) is 27.4. The highest BCUT2D eigenvalue weighted by atomic mass is 32.2. The third kappa shape index (κ3) is 2.70. The van der Waals surface area contributed by atoms with Crippen LogP contribution in [-0.2, 0) is 19.4 Å². The molecule has 0 aliphatic carbocycles. The Morgan fingerprint density at radius 1 is 1.32 bits per heavy atom. The van der Waals surface area contributed by atoms with Crippen molar-refractivity contribution in [3.05, 3.63) is 35.4 Å². The molecule has 0 bridgehead atoms. The van der Waals surface area contributed by atoms with E-state index in [1.807, 2.05) is 0 Å². The van der Waals surface area contributed by atoms with Crippen molar-refractivity contribution in [1.82, 2.24) is 4.90 Å². The molecule has 7 nitrogen and oxygen atoms in total. The number of sulfone groups is 1. The van der Waals surface area contributed by atoms with Gasteiger partial charge in [-0.3, -0.25) is 14.5 Å². The van der Waals surface area contributed by atoms with Gasteiger partial charge in [0.1, 0.15) is 0 Å². The maximum atomic E-state index is 12.4. The topological polar surface area (TPSA) is 108 Å². The molecule has 2 amide bonds. The minimum Gasteiger partial charge on any atom is -0.360 e. The number of benzene rings is 1. The first-order valence-electron chi connectivity index (χ1n) is 6.69. The van der Waals surface area contributed by atoms with Gasteiger partial charge < -0.3 is 5.53 Å². The molecule has 1 aliphatic rings. The van der Waals surface area contributed by atoms with E-state index in [-0.39, 0.29) is 11.3 Å². The zero-order valence-corrected chi connectivity index (χ0v) is 13.0. The molecule has 1 saturated heterocycles. The molecule has 2 rings (SSSR count). The first-order chi connectivity index (χ1) is 10.3. The quantitative estimate of drug-likeness (QED) is 0.332. The summed E-state index contributed by atoms with van der Waals surface area (Å²) < 4.78 is 24.9. The molecule has 1 aromatic carbocycles. The van der Waals surface area contributed by atoms with Crippen LogP contribution in [0.3, 0.4) is 0 Å². The summed E-state index contributed by atoms with van der Waals surface area (Å²) in [7, 11) is -4.29. The van der Waals surface area contributed by atoms with Crippen LogP contribution in [0.4, 0.5) is 0 Å². The van der Waals surface area contributed by atoms with Gasteiger partial charge in [0.25, 0.3) is 9.84 Å². The molecule has 0 aromatic heterocycles. The van der Waals surface area contributed by atoms with Crippen molar-refractivity contribution in [2.24, 2.45) is 0 Å². The van der Waals surface area contributed by atoms with E-state index in [9.17, 15) is 18.0 Å². The van der Waals surface area contributed by atoms with E-state index in [2.05, 4.69) is 4.79 Å². The molecule has 1 heterocycles. The highest BCUT2D eigenvalue weighted by Gasteiger charge is 2.45. The number of nitrogens with zero attached hydrogens (tertiary/aromatic N) is 3. The van der Waals surface area contributed by atoms with Crippen molar-refractivity contribution in [3.8, 4) is 0 Å². The minimum atomic E-state index is -4.29. The van der Waals surface area contributed by atoms with Crippen molar-refractivity contribution in [2.75, 3.05) is 0 Å². The van der Waals surface area contributed by atoms with Crippen LogP contribution in [0.2, 0.25) is 0 Å². The number of likely N-dealkylation sites (tertiary alicyclic amines) is 1. The normalized spacial score (nSPS) is 18.2. The van der Waals surface area contributed by atoms with Crippen LogP contribution in [0.25, 0.3) is 5.53 Å². The van der Waals surface area contributed by atoms with E-state index in [0.29, 0.717) is 6.42 Å². The number of hydrogen-bond donors (Lipinski definition) is 0.